The average molecular weight is 338 g/mol. The number of carbonyl (C=O) groups is 1. The summed E-state index contributed by atoms with van der Waals surface area (Å²) in [5, 5.41) is 0. The summed E-state index contributed by atoms with van der Waals surface area (Å²) in [7, 11) is -1.41. The Morgan fingerprint density at radius 3 is 2.42 bits per heavy atom. The lowest BCUT2D eigenvalue weighted by Gasteiger charge is -2.31. The maximum absolute atomic E-state index is 12.7. The highest BCUT2D eigenvalue weighted by atomic mass is 28.3. The number of nitrogens with zero attached hydrogens (tertiary/aromatic N) is 1. The van der Waals surface area contributed by atoms with Crippen molar-refractivity contribution in [2.45, 2.75) is 57.8 Å². The van der Waals surface area contributed by atoms with Crippen LogP contribution >= 0.6 is 0 Å². The number of amides is 1. The van der Waals surface area contributed by atoms with E-state index < -0.39 is 8.07 Å². The molecule has 0 N–H and O–H groups in total. The van der Waals surface area contributed by atoms with Crippen LogP contribution in [-0.4, -0.2) is 31.5 Å². The molecule has 1 fully saturated rings. The Morgan fingerprint density at radius 1 is 1.12 bits per heavy atom. The van der Waals surface area contributed by atoms with Gasteiger partial charge in [0.05, 0.1) is 6.54 Å². The van der Waals surface area contributed by atoms with E-state index in [2.05, 4.69) is 42.9 Å². The standard InChI is InChI=1S/C21H27NOSi/c1-24(2,3)18-10-17-22(20-13-8-5-9-14-20)21(23)16-15-19-11-6-4-7-12-19/h4,6-7,11-12,20H,5,8-9,13-14,17H2,1-3H3. The van der Waals surface area contributed by atoms with Gasteiger partial charge in [0.25, 0.3) is 5.91 Å². The van der Waals surface area contributed by atoms with Crippen LogP contribution in [0.15, 0.2) is 30.3 Å². The molecule has 0 unspecified atom stereocenters. The van der Waals surface area contributed by atoms with Gasteiger partial charge in [-0.3, -0.25) is 4.79 Å². The number of rotatable bonds is 2. The molecule has 0 spiro atoms. The van der Waals surface area contributed by atoms with Crippen LogP contribution in [0.5, 0.6) is 0 Å². The fourth-order valence-electron chi connectivity index (χ4n) is 2.87. The molecular weight excluding hydrogens is 310 g/mol. The van der Waals surface area contributed by atoms with Gasteiger partial charge in [0.1, 0.15) is 8.07 Å². The van der Waals surface area contributed by atoms with Crippen molar-refractivity contribution < 1.29 is 4.79 Å². The van der Waals surface area contributed by atoms with E-state index in [1.807, 2.05) is 35.2 Å². The second kappa shape index (κ2) is 8.76. The zero-order valence-electron chi connectivity index (χ0n) is 15.1. The van der Waals surface area contributed by atoms with E-state index in [4.69, 9.17) is 0 Å². The first-order chi connectivity index (χ1) is 11.5. The zero-order chi connectivity index (χ0) is 17.4. The lowest BCUT2D eigenvalue weighted by molar-refractivity contribution is -0.127. The van der Waals surface area contributed by atoms with Gasteiger partial charge in [0.2, 0.25) is 0 Å². The van der Waals surface area contributed by atoms with Crippen molar-refractivity contribution >= 4 is 14.0 Å². The Morgan fingerprint density at radius 2 is 1.79 bits per heavy atom. The molecule has 0 aliphatic heterocycles. The first-order valence-corrected chi connectivity index (χ1v) is 12.3. The molecule has 0 radical (unpaired) electrons. The fourth-order valence-corrected chi connectivity index (χ4v) is 3.48. The van der Waals surface area contributed by atoms with Gasteiger partial charge >= 0.3 is 0 Å². The Balaban J connectivity index is 2.13. The van der Waals surface area contributed by atoms with Crippen molar-refractivity contribution in [2.75, 3.05) is 6.54 Å². The minimum atomic E-state index is -1.41. The number of benzene rings is 1. The van der Waals surface area contributed by atoms with Gasteiger partial charge in [0.15, 0.2) is 0 Å². The Hall–Kier alpha value is -1.97. The van der Waals surface area contributed by atoms with Gasteiger partial charge < -0.3 is 4.90 Å². The summed E-state index contributed by atoms with van der Waals surface area (Å²) in [6.45, 7) is 7.18. The smallest absolute Gasteiger partial charge is 0.299 e. The topological polar surface area (TPSA) is 20.3 Å². The van der Waals surface area contributed by atoms with Crippen LogP contribution in [0.25, 0.3) is 0 Å². The molecule has 2 nitrogen and oxygen atoms in total. The second-order valence-electron chi connectivity index (χ2n) is 7.39. The summed E-state index contributed by atoms with van der Waals surface area (Å²) in [6.07, 6.45) is 5.82. The van der Waals surface area contributed by atoms with Gasteiger partial charge in [-0.25, -0.2) is 0 Å². The largest absolute Gasteiger partial charge is 0.318 e. The van der Waals surface area contributed by atoms with Gasteiger partial charge in [-0.15, -0.1) is 5.54 Å². The number of hydrogen-bond donors (Lipinski definition) is 0. The Bertz CT molecular complexity index is 661. The maximum Gasteiger partial charge on any atom is 0.299 e. The summed E-state index contributed by atoms with van der Waals surface area (Å²) >= 11 is 0. The molecule has 1 aliphatic carbocycles. The van der Waals surface area contributed by atoms with Crippen LogP contribution in [0.4, 0.5) is 0 Å². The molecule has 1 aliphatic rings. The SMILES string of the molecule is C[Si](C)(C)C#CCN(C(=O)C#Cc1ccccc1)C1CCCCC1. The van der Waals surface area contributed by atoms with Crippen LogP contribution in [-0.2, 0) is 4.79 Å². The quantitative estimate of drug-likeness (QED) is 0.588. The molecule has 1 aromatic rings. The highest BCUT2D eigenvalue weighted by Gasteiger charge is 2.23. The summed E-state index contributed by atoms with van der Waals surface area (Å²) in [6, 6.07) is 9.98. The normalized spacial score (nSPS) is 14.8. The monoisotopic (exact) mass is 337 g/mol. The summed E-state index contributed by atoms with van der Waals surface area (Å²) in [4.78, 5) is 14.6. The van der Waals surface area contributed by atoms with Gasteiger partial charge in [0, 0.05) is 17.5 Å². The lowest BCUT2D eigenvalue weighted by Crippen LogP contribution is -2.41. The Kier molecular flexibility index (Phi) is 6.70. The zero-order valence-corrected chi connectivity index (χ0v) is 16.1. The fraction of sp³-hybridized carbons (Fsp3) is 0.476. The molecule has 126 valence electrons. The highest BCUT2D eigenvalue weighted by molar-refractivity contribution is 6.83. The van der Waals surface area contributed by atoms with Crippen LogP contribution in [0.3, 0.4) is 0 Å². The van der Waals surface area contributed by atoms with Crippen LogP contribution < -0.4 is 0 Å². The van der Waals surface area contributed by atoms with E-state index >= 15 is 0 Å². The molecule has 1 saturated carbocycles. The minimum Gasteiger partial charge on any atom is -0.318 e. The molecule has 0 heterocycles. The summed E-state index contributed by atoms with van der Waals surface area (Å²) in [5.74, 6) is 8.98. The number of carbonyl (C=O) groups excluding carboxylic acids is 1. The van der Waals surface area contributed by atoms with E-state index in [-0.39, 0.29) is 5.91 Å². The second-order valence-corrected chi connectivity index (χ2v) is 12.1. The third kappa shape index (κ3) is 6.26. The Labute approximate surface area is 147 Å². The van der Waals surface area contributed by atoms with Gasteiger partial charge in [-0.05, 0) is 25.0 Å². The van der Waals surface area contributed by atoms with E-state index in [0.29, 0.717) is 12.6 Å². The van der Waals surface area contributed by atoms with E-state index in [1.54, 1.807) is 0 Å². The van der Waals surface area contributed by atoms with Crippen LogP contribution in [0.1, 0.15) is 37.7 Å². The molecule has 2 rings (SSSR count). The lowest BCUT2D eigenvalue weighted by atomic mass is 9.94. The van der Waals surface area contributed by atoms with Gasteiger partial charge in [-0.1, -0.05) is 68.9 Å². The number of hydrogen-bond acceptors (Lipinski definition) is 1. The van der Waals surface area contributed by atoms with E-state index in [0.717, 1.165) is 18.4 Å². The van der Waals surface area contributed by atoms with Crippen LogP contribution in [0.2, 0.25) is 19.6 Å². The summed E-state index contributed by atoms with van der Waals surface area (Å²) in [5.41, 5.74) is 4.24. The summed E-state index contributed by atoms with van der Waals surface area (Å²) < 4.78 is 0. The third-order valence-corrected chi connectivity index (χ3v) is 5.00. The molecular formula is C21H27NOSi. The molecule has 24 heavy (non-hydrogen) atoms. The molecule has 0 aromatic heterocycles. The van der Waals surface area contributed by atoms with Crippen molar-refractivity contribution in [1.29, 1.82) is 0 Å². The predicted molar refractivity (Wildman–Crippen MR) is 103 cm³/mol. The van der Waals surface area contributed by atoms with E-state index in [9.17, 15) is 4.79 Å². The van der Waals surface area contributed by atoms with Gasteiger partial charge in [-0.2, -0.15) is 0 Å². The highest BCUT2D eigenvalue weighted by Crippen LogP contribution is 2.22. The minimum absolute atomic E-state index is 0.0874. The first-order valence-electron chi connectivity index (χ1n) is 8.83. The van der Waals surface area contributed by atoms with Crippen molar-refractivity contribution in [3.63, 3.8) is 0 Å². The predicted octanol–water partition coefficient (Wildman–Crippen LogP) is 4.08. The van der Waals surface area contributed by atoms with E-state index in [1.165, 1.54) is 19.3 Å². The molecule has 0 saturated heterocycles. The molecule has 1 amide bonds. The average Bonchev–Trinajstić information content (AvgIpc) is 2.57. The first kappa shape index (κ1) is 18.4. The van der Waals surface area contributed by atoms with Crippen molar-refractivity contribution in [3.05, 3.63) is 35.9 Å². The maximum atomic E-state index is 12.7. The van der Waals surface area contributed by atoms with Crippen molar-refractivity contribution in [2.24, 2.45) is 0 Å². The third-order valence-electron chi connectivity index (χ3n) is 4.08. The van der Waals surface area contributed by atoms with Crippen LogP contribution in [0, 0.1) is 23.3 Å². The molecule has 3 heteroatoms. The molecule has 0 atom stereocenters. The molecule has 1 aromatic carbocycles. The van der Waals surface area contributed by atoms with Crippen molar-refractivity contribution in [3.8, 4) is 23.3 Å². The van der Waals surface area contributed by atoms with Crippen molar-refractivity contribution in [1.82, 2.24) is 4.90 Å². The molecule has 0 bridgehead atoms.